The number of rotatable bonds is 4. The van der Waals surface area contributed by atoms with E-state index in [0.29, 0.717) is 12.0 Å². The maximum Gasteiger partial charge on any atom is 0.246 e. The molecule has 114 valence electrons. The van der Waals surface area contributed by atoms with Gasteiger partial charge in [-0.25, -0.2) is 0 Å². The van der Waals surface area contributed by atoms with Crippen LogP contribution in [-0.2, 0) is 4.79 Å². The predicted molar refractivity (Wildman–Crippen MR) is 89.3 cm³/mol. The van der Waals surface area contributed by atoms with Gasteiger partial charge in [-0.3, -0.25) is 4.79 Å². The molecule has 0 N–H and O–H groups in total. The van der Waals surface area contributed by atoms with E-state index >= 15 is 0 Å². The zero-order valence-electron chi connectivity index (χ0n) is 12.8. The molecule has 0 aliphatic carbocycles. The van der Waals surface area contributed by atoms with E-state index in [0.717, 1.165) is 35.2 Å². The third-order valence-electron chi connectivity index (χ3n) is 3.98. The first kappa shape index (κ1) is 16.1. The highest BCUT2D eigenvalue weighted by Crippen LogP contribution is 2.27. The minimum Gasteiger partial charge on any atom is -0.496 e. The summed E-state index contributed by atoms with van der Waals surface area (Å²) in [6.45, 7) is 5.21. The number of carbonyl (C=O) groups excluding carboxylic acids is 1. The first-order valence-electron chi connectivity index (χ1n) is 7.37. The van der Waals surface area contributed by atoms with Gasteiger partial charge in [0.05, 0.1) is 7.11 Å². The van der Waals surface area contributed by atoms with Crippen LogP contribution in [0.25, 0.3) is 6.08 Å². The molecule has 1 amide bonds. The second-order valence-corrected chi connectivity index (χ2v) is 6.53. The number of hydrogen-bond acceptors (Lipinski definition) is 2. The van der Waals surface area contributed by atoms with Gasteiger partial charge in [0.2, 0.25) is 5.91 Å². The second-order valence-electron chi connectivity index (χ2n) is 5.61. The van der Waals surface area contributed by atoms with Crippen molar-refractivity contribution in [3.63, 3.8) is 0 Å². The van der Waals surface area contributed by atoms with E-state index < -0.39 is 0 Å². The lowest BCUT2D eigenvalue weighted by molar-refractivity contribution is -0.126. The van der Waals surface area contributed by atoms with Gasteiger partial charge in [0.1, 0.15) is 5.75 Å². The number of nitrogens with zero attached hydrogens (tertiary/aromatic N) is 1. The monoisotopic (exact) mass is 351 g/mol. The summed E-state index contributed by atoms with van der Waals surface area (Å²) in [5.74, 6) is 1.45. The number of benzene rings is 1. The fourth-order valence-electron chi connectivity index (χ4n) is 2.90. The molecule has 0 bridgehead atoms. The van der Waals surface area contributed by atoms with Crippen LogP contribution < -0.4 is 4.74 Å². The molecule has 3 nitrogen and oxygen atoms in total. The molecule has 2 rings (SSSR count). The Kier molecular flexibility index (Phi) is 5.45. The zero-order valence-corrected chi connectivity index (χ0v) is 14.4. The molecule has 1 aliphatic rings. The van der Waals surface area contributed by atoms with Gasteiger partial charge >= 0.3 is 0 Å². The maximum absolute atomic E-state index is 12.4. The van der Waals surface area contributed by atoms with Gasteiger partial charge in [0.25, 0.3) is 0 Å². The Bertz CT molecular complexity index is 542. The molecular formula is C17H22BrNO2. The third kappa shape index (κ3) is 3.88. The molecule has 0 saturated carbocycles. The molecule has 1 fully saturated rings. The number of halogens is 1. The Morgan fingerprint density at radius 2 is 2.29 bits per heavy atom. The molecule has 2 unspecified atom stereocenters. The molecule has 4 heteroatoms. The van der Waals surface area contributed by atoms with Crippen molar-refractivity contribution in [2.75, 3.05) is 13.7 Å². The van der Waals surface area contributed by atoms with Gasteiger partial charge in [0, 0.05) is 28.7 Å². The molecule has 21 heavy (non-hydrogen) atoms. The van der Waals surface area contributed by atoms with Crippen LogP contribution in [0.3, 0.4) is 0 Å². The summed E-state index contributed by atoms with van der Waals surface area (Å²) in [5, 5.41) is 0. The van der Waals surface area contributed by atoms with Gasteiger partial charge in [-0.2, -0.15) is 0 Å². The molecule has 0 aromatic heterocycles. The lowest BCUT2D eigenvalue weighted by Gasteiger charge is -2.22. The quantitative estimate of drug-likeness (QED) is 0.763. The summed E-state index contributed by atoms with van der Waals surface area (Å²) in [7, 11) is 1.64. The highest BCUT2D eigenvalue weighted by atomic mass is 79.9. The summed E-state index contributed by atoms with van der Waals surface area (Å²) < 4.78 is 6.29. The highest BCUT2D eigenvalue weighted by Gasteiger charge is 2.30. The van der Waals surface area contributed by atoms with Crippen LogP contribution in [0.4, 0.5) is 0 Å². The molecule has 1 aromatic rings. The number of methoxy groups -OCH3 is 1. The van der Waals surface area contributed by atoms with E-state index in [9.17, 15) is 4.79 Å². The molecule has 0 radical (unpaired) electrons. The number of amides is 1. The first-order chi connectivity index (χ1) is 10.0. The largest absolute Gasteiger partial charge is 0.496 e. The minimum absolute atomic E-state index is 0.0910. The number of ether oxygens (including phenoxy) is 1. The Morgan fingerprint density at radius 3 is 2.95 bits per heavy atom. The molecule has 2 atom stereocenters. The van der Waals surface area contributed by atoms with Crippen LogP contribution in [0.15, 0.2) is 28.7 Å². The van der Waals surface area contributed by atoms with Gasteiger partial charge < -0.3 is 9.64 Å². The minimum atomic E-state index is 0.0910. The van der Waals surface area contributed by atoms with Crippen molar-refractivity contribution >= 4 is 27.9 Å². The van der Waals surface area contributed by atoms with E-state index in [1.54, 1.807) is 13.2 Å². The standard InChI is InChI=1S/C17H22BrNO2/c1-4-15-9-12(2)11-19(15)17(20)8-5-13-10-14(18)6-7-16(13)21-3/h5-8,10,12,15H,4,9,11H2,1-3H3. The lowest BCUT2D eigenvalue weighted by atomic mass is 10.1. The molecule has 1 saturated heterocycles. The second kappa shape index (κ2) is 7.12. The maximum atomic E-state index is 12.4. The number of likely N-dealkylation sites (tertiary alicyclic amines) is 1. The van der Waals surface area contributed by atoms with Crippen LogP contribution in [0, 0.1) is 5.92 Å². The van der Waals surface area contributed by atoms with Crippen molar-refractivity contribution in [3.05, 3.63) is 34.3 Å². The Morgan fingerprint density at radius 1 is 1.52 bits per heavy atom. The molecule has 1 aromatic carbocycles. The predicted octanol–water partition coefficient (Wildman–Crippen LogP) is 4.12. The van der Waals surface area contributed by atoms with Crippen molar-refractivity contribution in [1.29, 1.82) is 0 Å². The van der Waals surface area contributed by atoms with Gasteiger partial charge in [-0.15, -0.1) is 0 Å². The number of hydrogen-bond donors (Lipinski definition) is 0. The van der Waals surface area contributed by atoms with E-state index in [1.165, 1.54) is 0 Å². The summed E-state index contributed by atoms with van der Waals surface area (Å²) in [4.78, 5) is 14.4. The van der Waals surface area contributed by atoms with Gasteiger partial charge in [-0.05, 0) is 43.0 Å². The molecule has 1 aliphatic heterocycles. The summed E-state index contributed by atoms with van der Waals surface area (Å²) >= 11 is 3.44. The molecule has 1 heterocycles. The first-order valence-corrected chi connectivity index (χ1v) is 8.16. The van der Waals surface area contributed by atoms with Gasteiger partial charge in [0.15, 0.2) is 0 Å². The third-order valence-corrected chi connectivity index (χ3v) is 4.47. The van der Waals surface area contributed by atoms with Crippen LogP contribution in [-0.4, -0.2) is 30.5 Å². The molecular weight excluding hydrogens is 330 g/mol. The van der Waals surface area contributed by atoms with Crippen molar-refractivity contribution < 1.29 is 9.53 Å². The smallest absolute Gasteiger partial charge is 0.246 e. The normalized spacial score (nSPS) is 22.0. The Balaban J connectivity index is 2.14. The van der Waals surface area contributed by atoms with E-state index in [1.807, 2.05) is 29.2 Å². The summed E-state index contributed by atoms with van der Waals surface area (Å²) in [6, 6.07) is 6.14. The van der Waals surface area contributed by atoms with Crippen LogP contribution >= 0.6 is 15.9 Å². The molecule has 0 spiro atoms. The van der Waals surface area contributed by atoms with Crippen molar-refractivity contribution in [3.8, 4) is 5.75 Å². The SMILES string of the molecule is CCC1CC(C)CN1C(=O)C=Cc1cc(Br)ccc1OC. The summed E-state index contributed by atoms with van der Waals surface area (Å²) in [5.41, 5.74) is 0.903. The highest BCUT2D eigenvalue weighted by molar-refractivity contribution is 9.10. The van der Waals surface area contributed by atoms with E-state index in [2.05, 4.69) is 29.8 Å². The zero-order chi connectivity index (χ0) is 15.4. The fraction of sp³-hybridized carbons (Fsp3) is 0.471. The van der Waals surface area contributed by atoms with Crippen molar-refractivity contribution in [1.82, 2.24) is 4.90 Å². The van der Waals surface area contributed by atoms with Crippen molar-refractivity contribution in [2.45, 2.75) is 32.7 Å². The van der Waals surface area contributed by atoms with Crippen LogP contribution in [0.5, 0.6) is 5.75 Å². The fourth-order valence-corrected chi connectivity index (χ4v) is 3.28. The Hall–Kier alpha value is -1.29. The van der Waals surface area contributed by atoms with Gasteiger partial charge in [-0.1, -0.05) is 29.8 Å². The number of carbonyl (C=O) groups is 1. The van der Waals surface area contributed by atoms with Crippen LogP contribution in [0.1, 0.15) is 32.3 Å². The van der Waals surface area contributed by atoms with E-state index in [-0.39, 0.29) is 5.91 Å². The average Bonchev–Trinajstić information content (AvgIpc) is 2.86. The van der Waals surface area contributed by atoms with Crippen molar-refractivity contribution in [2.24, 2.45) is 5.92 Å². The topological polar surface area (TPSA) is 29.5 Å². The van der Waals surface area contributed by atoms with Crippen LogP contribution in [0.2, 0.25) is 0 Å². The Labute approximate surface area is 135 Å². The lowest BCUT2D eigenvalue weighted by Crippen LogP contribution is -2.33. The summed E-state index contributed by atoms with van der Waals surface area (Å²) in [6.07, 6.45) is 5.62. The average molecular weight is 352 g/mol. The van der Waals surface area contributed by atoms with E-state index in [4.69, 9.17) is 4.74 Å².